The number of hydrogen-bond donors (Lipinski definition) is 2. The highest BCUT2D eigenvalue weighted by Gasteiger charge is 2.20. The average molecular weight is 412 g/mol. The Morgan fingerprint density at radius 2 is 2.00 bits per heavy atom. The number of aryl methyl sites for hydroxylation is 2. The van der Waals surface area contributed by atoms with Gasteiger partial charge in [0.05, 0.1) is 16.2 Å². The Balaban J connectivity index is 1.88. The van der Waals surface area contributed by atoms with E-state index in [1.54, 1.807) is 29.7 Å². The van der Waals surface area contributed by atoms with Crippen molar-refractivity contribution >= 4 is 34.3 Å². The summed E-state index contributed by atoms with van der Waals surface area (Å²) in [5.74, 6) is -0.153. The SMILES string of the molecule is Cc1ccc(C)c(NC(=O)[C@@H](C)Sc2nc3ccccc3c(=O)n2CCCO)c1. The van der Waals surface area contributed by atoms with Gasteiger partial charge in [0.2, 0.25) is 5.91 Å². The van der Waals surface area contributed by atoms with Crippen LogP contribution in [0.2, 0.25) is 0 Å². The van der Waals surface area contributed by atoms with Crippen molar-refractivity contribution in [3.05, 3.63) is 63.9 Å². The largest absolute Gasteiger partial charge is 0.396 e. The summed E-state index contributed by atoms with van der Waals surface area (Å²) in [6, 6.07) is 13.1. The number of fused-ring (bicyclic) bond motifs is 1. The average Bonchev–Trinajstić information content (AvgIpc) is 2.70. The number of hydrogen-bond acceptors (Lipinski definition) is 5. The van der Waals surface area contributed by atoms with E-state index < -0.39 is 5.25 Å². The van der Waals surface area contributed by atoms with Crippen LogP contribution in [0.5, 0.6) is 0 Å². The smallest absolute Gasteiger partial charge is 0.262 e. The number of anilines is 1. The first-order valence-electron chi connectivity index (χ1n) is 9.56. The number of nitrogens with zero attached hydrogens (tertiary/aromatic N) is 2. The van der Waals surface area contributed by atoms with Crippen molar-refractivity contribution in [2.24, 2.45) is 0 Å². The lowest BCUT2D eigenvalue weighted by atomic mass is 10.1. The van der Waals surface area contributed by atoms with E-state index in [-0.39, 0.29) is 18.1 Å². The number of aliphatic hydroxyl groups excluding tert-OH is 1. The molecule has 29 heavy (non-hydrogen) atoms. The molecular formula is C22H25N3O3S. The number of carbonyl (C=O) groups excluding carboxylic acids is 1. The zero-order chi connectivity index (χ0) is 21.0. The molecule has 0 spiro atoms. The third-order valence-corrected chi connectivity index (χ3v) is 5.76. The molecule has 0 unspecified atom stereocenters. The molecule has 6 nitrogen and oxygen atoms in total. The lowest BCUT2D eigenvalue weighted by molar-refractivity contribution is -0.115. The van der Waals surface area contributed by atoms with E-state index >= 15 is 0 Å². The van der Waals surface area contributed by atoms with Crippen LogP contribution in [-0.2, 0) is 11.3 Å². The molecule has 2 aromatic carbocycles. The van der Waals surface area contributed by atoms with Crippen molar-refractivity contribution in [2.45, 2.75) is 44.1 Å². The second kappa shape index (κ2) is 9.24. The Morgan fingerprint density at radius 1 is 1.24 bits per heavy atom. The molecule has 2 N–H and O–H groups in total. The Morgan fingerprint density at radius 3 is 2.76 bits per heavy atom. The maximum atomic E-state index is 12.9. The number of rotatable bonds is 7. The van der Waals surface area contributed by atoms with E-state index in [4.69, 9.17) is 0 Å². The fourth-order valence-electron chi connectivity index (χ4n) is 2.98. The first-order valence-corrected chi connectivity index (χ1v) is 10.4. The number of thioether (sulfide) groups is 1. The number of benzene rings is 2. The lowest BCUT2D eigenvalue weighted by Gasteiger charge is -2.17. The van der Waals surface area contributed by atoms with E-state index in [1.165, 1.54) is 11.8 Å². The van der Waals surface area contributed by atoms with Crippen LogP contribution in [0.15, 0.2) is 52.4 Å². The number of carbonyl (C=O) groups is 1. The zero-order valence-electron chi connectivity index (χ0n) is 16.8. The van der Waals surface area contributed by atoms with E-state index in [2.05, 4.69) is 10.3 Å². The third-order valence-electron chi connectivity index (χ3n) is 4.67. The number of aliphatic hydroxyl groups is 1. The van der Waals surface area contributed by atoms with Gasteiger partial charge in [-0.1, -0.05) is 36.0 Å². The van der Waals surface area contributed by atoms with Crippen molar-refractivity contribution in [3.63, 3.8) is 0 Å². The minimum Gasteiger partial charge on any atom is -0.396 e. The molecule has 0 aliphatic rings. The topological polar surface area (TPSA) is 84.2 Å². The highest BCUT2D eigenvalue weighted by atomic mass is 32.2. The molecule has 0 radical (unpaired) electrons. The predicted octanol–water partition coefficient (Wildman–Crippen LogP) is 3.52. The molecule has 1 amide bonds. The first-order chi connectivity index (χ1) is 13.9. The Kier molecular flexibility index (Phi) is 6.71. The van der Waals surface area contributed by atoms with Crippen LogP contribution in [0.1, 0.15) is 24.5 Å². The van der Waals surface area contributed by atoms with Gasteiger partial charge in [0.15, 0.2) is 5.16 Å². The van der Waals surface area contributed by atoms with Gasteiger partial charge in [-0.25, -0.2) is 4.98 Å². The van der Waals surface area contributed by atoms with Gasteiger partial charge in [0, 0.05) is 18.8 Å². The highest BCUT2D eigenvalue weighted by molar-refractivity contribution is 8.00. The minimum atomic E-state index is -0.455. The van der Waals surface area contributed by atoms with Crippen LogP contribution in [-0.4, -0.2) is 32.4 Å². The Bertz CT molecular complexity index is 1090. The van der Waals surface area contributed by atoms with Gasteiger partial charge >= 0.3 is 0 Å². The van der Waals surface area contributed by atoms with E-state index in [0.29, 0.717) is 29.0 Å². The van der Waals surface area contributed by atoms with Gasteiger partial charge in [-0.3, -0.25) is 14.2 Å². The highest BCUT2D eigenvalue weighted by Crippen LogP contribution is 2.25. The van der Waals surface area contributed by atoms with Gasteiger partial charge in [-0.2, -0.15) is 0 Å². The summed E-state index contributed by atoms with van der Waals surface area (Å²) in [6.07, 6.45) is 0.441. The van der Waals surface area contributed by atoms with Gasteiger partial charge in [-0.05, 0) is 56.5 Å². The van der Waals surface area contributed by atoms with Crippen molar-refractivity contribution in [2.75, 3.05) is 11.9 Å². The molecule has 0 aliphatic heterocycles. The normalized spacial score (nSPS) is 12.1. The fraction of sp³-hybridized carbons (Fsp3) is 0.318. The van der Waals surface area contributed by atoms with Crippen LogP contribution in [0.25, 0.3) is 10.9 Å². The second-order valence-corrected chi connectivity index (χ2v) is 8.32. The monoisotopic (exact) mass is 411 g/mol. The summed E-state index contributed by atoms with van der Waals surface area (Å²) in [6.45, 7) is 6.05. The molecule has 0 saturated heterocycles. The lowest BCUT2D eigenvalue weighted by Crippen LogP contribution is -2.27. The van der Waals surface area contributed by atoms with E-state index in [0.717, 1.165) is 16.8 Å². The molecule has 152 valence electrons. The van der Waals surface area contributed by atoms with Crippen LogP contribution < -0.4 is 10.9 Å². The maximum absolute atomic E-state index is 12.9. The zero-order valence-corrected chi connectivity index (χ0v) is 17.6. The fourth-order valence-corrected chi connectivity index (χ4v) is 3.91. The quantitative estimate of drug-likeness (QED) is 0.459. The summed E-state index contributed by atoms with van der Waals surface area (Å²) < 4.78 is 1.55. The summed E-state index contributed by atoms with van der Waals surface area (Å²) in [7, 11) is 0. The van der Waals surface area contributed by atoms with Crippen LogP contribution in [0, 0.1) is 13.8 Å². The van der Waals surface area contributed by atoms with Crippen LogP contribution in [0.4, 0.5) is 5.69 Å². The molecule has 0 saturated carbocycles. The molecule has 0 bridgehead atoms. The summed E-state index contributed by atoms with van der Waals surface area (Å²) >= 11 is 1.25. The van der Waals surface area contributed by atoms with Crippen molar-refractivity contribution in [1.82, 2.24) is 9.55 Å². The molecule has 1 heterocycles. The summed E-state index contributed by atoms with van der Waals surface area (Å²) in [5, 5.41) is 12.7. The maximum Gasteiger partial charge on any atom is 0.262 e. The van der Waals surface area contributed by atoms with Crippen molar-refractivity contribution < 1.29 is 9.90 Å². The third kappa shape index (κ3) is 4.86. The standard InChI is InChI=1S/C22H25N3O3S/c1-14-9-10-15(2)19(13-14)23-20(27)16(3)29-22-24-18-8-5-4-7-17(18)21(28)25(22)11-6-12-26/h4-5,7-10,13,16,26H,6,11-12H2,1-3H3,(H,23,27)/t16-/m1/s1. The van der Waals surface area contributed by atoms with Gasteiger partial charge in [0.25, 0.3) is 5.56 Å². The summed E-state index contributed by atoms with van der Waals surface area (Å²) in [5.41, 5.74) is 3.28. The molecule has 0 fully saturated rings. The molecule has 1 aromatic heterocycles. The van der Waals surface area contributed by atoms with E-state index in [9.17, 15) is 14.7 Å². The Labute approximate surface area is 174 Å². The van der Waals surface area contributed by atoms with Crippen LogP contribution >= 0.6 is 11.8 Å². The predicted molar refractivity (Wildman–Crippen MR) is 118 cm³/mol. The second-order valence-electron chi connectivity index (χ2n) is 7.01. The van der Waals surface area contributed by atoms with Crippen molar-refractivity contribution in [1.29, 1.82) is 0 Å². The molecule has 3 rings (SSSR count). The summed E-state index contributed by atoms with van der Waals surface area (Å²) in [4.78, 5) is 30.3. The minimum absolute atomic E-state index is 0.0218. The molecule has 0 aliphatic carbocycles. The molecule has 1 atom stereocenters. The molecular weight excluding hydrogens is 386 g/mol. The van der Waals surface area contributed by atoms with Crippen LogP contribution in [0.3, 0.4) is 0 Å². The van der Waals surface area contributed by atoms with Gasteiger partial charge < -0.3 is 10.4 Å². The van der Waals surface area contributed by atoms with Gasteiger partial charge in [-0.15, -0.1) is 0 Å². The molecule has 7 heteroatoms. The number of nitrogens with one attached hydrogen (secondary N) is 1. The first kappa shape index (κ1) is 21.1. The number of para-hydroxylation sites is 1. The van der Waals surface area contributed by atoms with Gasteiger partial charge in [0.1, 0.15) is 0 Å². The molecule has 3 aromatic rings. The van der Waals surface area contributed by atoms with Crippen molar-refractivity contribution in [3.8, 4) is 0 Å². The number of aromatic nitrogens is 2. The van der Waals surface area contributed by atoms with E-state index in [1.807, 2.05) is 38.1 Å². The number of amides is 1. The Hall–Kier alpha value is -2.64.